The van der Waals surface area contributed by atoms with E-state index in [-0.39, 0.29) is 0 Å². The van der Waals surface area contributed by atoms with E-state index in [0.29, 0.717) is 17.8 Å². The van der Waals surface area contributed by atoms with Gasteiger partial charge in [0, 0.05) is 13.5 Å². The molecule has 0 aliphatic carbocycles. The summed E-state index contributed by atoms with van der Waals surface area (Å²) < 4.78 is 6.74. The van der Waals surface area contributed by atoms with Crippen LogP contribution in [-0.4, -0.2) is 9.78 Å². The normalized spacial score (nSPS) is 10.2. The van der Waals surface area contributed by atoms with Crippen LogP contribution in [0.3, 0.4) is 0 Å². The van der Waals surface area contributed by atoms with Crippen molar-refractivity contribution in [2.24, 2.45) is 7.05 Å². The van der Waals surface area contributed by atoms with Gasteiger partial charge < -0.3 is 10.2 Å². The average Bonchev–Trinajstić information content (AvgIpc) is 2.86. The number of rotatable bonds is 3. The van der Waals surface area contributed by atoms with E-state index < -0.39 is 0 Å². The average molecular weight is 216 g/mol. The van der Waals surface area contributed by atoms with Crippen LogP contribution in [-0.2, 0) is 19.9 Å². The fraction of sp³-hybridized carbons (Fsp3) is 0.273. The van der Waals surface area contributed by atoms with Crippen molar-refractivity contribution in [2.75, 3.05) is 5.73 Å². The number of aryl methyl sites for hydroxylation is 3. The van der Waals surface area contributed by atoms with Gasteiger partial charge in [0.1, 0.15) is 23.2 Å². The number of nitrogens with zero attached hydrogens (tertiary/aromatic N) is 3. The van der Waals surface area contributed by atoms with Gasteiger partial charge in [-0.2, -0.15) is 10.4 Å². The summed E-state index contributed by atoms with van der Waals surface area (Å²) in [6.07, 6.45) is 3.01. The van der Waals surface area contributed by atoms with Crippen molar-refractivity contribution < 1.29 is 4.42 Å². The summed E-state index contributed by atoms with van der Waals surface area (Å²) in [5.74, 6) is 1.30. The Morgan fingerprint density at radius 2 is 2.38 bits per heavy atom. The maximum Gasteiger partial charge on any atom is 0.139 e. The van der Waals surface area contributed by atoms with E-state index in [9.17, 15) is 0 Å². The van der Waals surface area contributed by atoms with Gasteiger partial charge in [0.2, 0.25) is 0 Å². The summed E-state index contributed by atoms with van der Waals surface area (Å²) in [7, 11) is 1.73. The fourth-order valence-electron chi connectivity index (χ4n) is 1.59. The second kappa shape index (κ2) is 4.11. The number of hydrogen-bond acceptors (Lipinski definition) is 4. The molecular formula is C11H12N4O. The SMILES string of the molecule is Cn1nc(CCc2ccco2)c(C#N)c1N. The lowest BCUT2D eigenvalue weighted by molar-refractivity contribution is 0.507. The minimum atomic E-state index is 0.414. The Morgan fingerprint density at radius 1 is 1.56 bits per heavy atom. The van der Waals surface area contributed by atoms with E-state index in [1.807, 2.05) is 12.1 Å². The van der Waals surface area contributed by atoms with E-state index in [2.05, 4.69) is 11.2 Å². The molecule has 0 fully saturated rings. The molecule has 0 saturated carbocycles. The highest BCUT2D eigenvalue weighted by molar-refractivity contribution is 5.51. The molecule has 0 saturated heterocycles. The summed E-state index contributed by atoms with van der Waals surface area (Å²) in [4.78, 5) is 0. The first-order valence-corrected chi connectivity index (χ1v) is 4.96. The van der Waals surface area contributed by atoms with E-state index in [1.165, 1.54) is 4.68 Å². The van der Waals surface area contributed by atoms with Crippen LogP contribution in [0.5, 0.6) is 0 Å². The Bertz CT molecular complexity index is 519. The van der Waals surface area contributed by atoms with Gasteiger partial charge in [-0.1, -0.05) is 0 Å². The molecule has 16 heavy (non-hydrogen) atoms. The van der Waals surface area contributed by atoms with E-state index >= 15 is 0 Å². The Kier molecular flexibility index (Phi) is 2.64. The predicted molar refractivity (Wildman–Crippen MR) is 58.5 cm³/mol. The number of aromatic nitrogens is 2. The van der Waals surface area contributed by atoms with Gasteiger partial charge >= 0.3 is 0 Å². The monoisotopic (exact) mass is 216 g/mol. The van der Waals surface area contributed by atoms with Gasteiger partial charge in [0.25, 0.3) is 0 Å². The van der Waals surface area contributed by atoms with Crippen molar-refractivity contribution in [3.05, 3.63) is 35.4 Å². The van der Waals surface area contributed by atoms with Crippen LogP contribution in [0.4, 0.5) is 5.82 Å². The first-order valence-electron chi connectivity index (χ1n) is 4.96. The highest BCUT2D eigenvalue weighted by Gasteiger charge is 2.13. The quantitative estimate of drug-likeness (QED) is 0.837. The molecule has 5 nitrogen and oxygen atoms in total. The molecule has 5 heteroatoms. The topological polar surface area (TPSA) is 80.8 Å². The zero-order chi connectivity index (χ0) is 11.5. The van der Waals surface area contributed by atoms with Crippen molar-refractivity contribution in [1.29, 1.82) is 5.26 Å². The standard InChI is InChI=1S/C11H12N4O/c1-15-11(13)9(7-12)10(14-15)5-4-8-3-2-6-16-8/h2-3,6H,4-5,13H2,1H3. The Balaban J connectivity index is 2.16. The first kappa shape index (κ1) is 10.3. The molecule has 0 aliphatic heterocycles. The molecule has 2 rings (SSSR count). The largest absolute Gasteiger partial charge is 0.469 e. The highest BCUT2D eigenvalue weighted by Crippen LogP contribution is 2.16. The Morgan fingerprint density at radius 3 is 3.00 bits per heavy atom. The number of nitrogens with two attached hydrogens (primary N) is 1. The highest BCUT2D eigenvalue weighted by atomic mass is 16.3. The minimum Gasteiger partial charge on any atom is -0.469 e. The Labute approximate surface area is 93.1 Å². The maximum atomic E-state index is 8.96. The summed E-state index contributed by atoms with van der Waals surface area (Å²) in [5, 5.41) is 13.2. The third-order valence-corrected chi connectivity index (χ3v) is 2.46. The molecule has 2 heterocycles. The summed E-state index contributed by atoms with van der Waals surface area (Å²) >= 11 is 0. The van der Waals surface area contributed by atoms with Crippen LogP contribution in [0.1, 0.15) is 17.0 Å². The zero-order valence-electron chi connectivity index (χ0n) is 8.97. The maximum absolute atomic E-state index is 8.96. The molecule has 2 N–H and O–H groups in total. The van der Waals surface area contributed by atoms with Gasteiger partial charge in [-0.15, -0.1) is 0 Å². The molecule has 0 radical (unpaired) electrons. The third-order valence-electron chi connectivity index (χ3n) is 2.46. The summed E-state index contributed by atoms with van der Waals surface area (Å²) in [5.41, 5.74) is 6.91. The van der Waals surface area contributed by atoms with Crippen molar-refractivity contribution in [1.82, 2.24) is 9.78 Å². The predicted octanol–water partition coefficient (Wildman–Crippen LogP) is 1.25. The molecule has 0 amide bonds. The minimum absolute atomic E-state index is 0.414. The van der Waals surface area contributed by atoms with E-state index in [4.69, 9.17) is 15.4 Å². The second-order valence-electron chi connectivity index (χ2n) is 3.52. The van der Waals surface area contributed by atoms with Gasteiger partial charge in [-0.05, 0) is 18.6 Å². The van der Waals surface area contributed by atoms with Gasteiger partial charge in [-0.25, -0.2) is 0 Å². The molecule has 82 valence electrons. The van der Waals surface area contributed by atoms with Crippen LogP contribution < -0.4 is 5.73 Å². The lowest BCUT2D eigenvalue weighted by atomic mass is 10.1. The van der Waals surface area contributed by atoms with Crippen LogP contribution in [0.2, 0.25) is 0 Å². The van der Waals surface area contributed by atoms with Crippen molar-refractivity contribution in [3.8, 4) is 6.07 Å². The zero-order valence-corrected chi connectivity index (χ0v) is 8.97. The number of anilines is 1. The molecule has 2 aromatic rings. The molecule has 0 spiro atoms. The molecule has 0 aliphatic rings. The lowest BCUT2D eigenvalue weighted by Crippen LogP contribution is -1.98. The fourth-order valence-corrected chi connectivity index (χ4v) is 1.59. The molecular weight excluding hydrogens is 204 g/mol. The smallest absolute Gasteiger partial charge is 0.139 e. The molecule has 2 aromatic heterocycles. The first-order chi connectivity index (χ1) is 7.72. The molecule has 0 bridgehead atoms. The van der Waals surface area contributed by atoms with Crippen LogP contribution in [0, 0.1) is 11.3 Å². The van der Waals surface area contributed by atoms with Crippen molar-refractivity contribution in [3.63, 3.8) is 0 Å². The van der Waals surface area contributed by atoms with Crippen LogP contribution >= 0.6 is 0 Å². The second-order valence-corrected chi connectivity index (χ2v) is 3.52. The third kappa shape index (κ3) is 1.77. The van der Waals surface area contributed by atoms with Gasteiger partial charge in [0.05, 0.1) is 12.0 Å². The number of furan rings is 1. The van der Waals surface area contributed by atoms with Crippen molar-refractivity contribution >= 4 is 5.82 Å². The van der Waals surface area contributed by atoms with Crippen molar-refractivity contribution in [2.45, 2.75) is 12.8 Å². The van der Waals surface area contributed by atoms with Crippen LogP contribution in [0.15, 0.2) is 22.8 Å². The molecule has 0 aromatic carbocycles. The molecule has 0 atom stereocenters. The van der Waals surface area contributed by atoms with Gasteiger partial charge in [0.15, 0.2) is 0 Å². The van der Waals surface area contributed by atoms with Crippen LogP contribution in [0.25, 0.3) is 0 Å². The van der Waals surface area contributed by atoms with E-state index in [0.717, 1.165) is 17.9 Å². The number of hydrogen-bond donors (Lipinski definition) is 1. The molecule has 0 unspecified atom stereocenters. The summed E-state index contributed by atoms with van der Waals surface area (Å²) in [6, 6.07) is 5.82. The summed E-state index contributed by atoms with van der Waals surface area (Å²) in [6.45, 7) is 0. The van der Waals surface area contributed by atoms with E-state index in [1.54, 1.807) is 13.3 Å². The number of nitriles is 1. The lowest BCUT2D eigenvalue weighted by Gasteiger charge is -1.94. The Hall–Kier alpha value is -2.22. The number of nitrogen functional groups attached to an aromatic ring is 1. The van der Waals surface area contributed by atoms with Gasteiger partial charge in [-0.3, -0.25) is 4.68 Å².